The van der Waals surface area contributed by atoms with Crippen molar-refractivity contribution >= 4 is 22.5 Å². The molecule has 92 valence electrons. The number of hydrogen-bond donors (Lipinski definition) is 1. The number of nitrogens with zero attached hydrogens (tertiary/aromatic N) is 1. The lowest BCUT2D eigenvalue weighted by Gasteiger charge is -2.05. The van der Waals surface area contributed by atoms with Gasteiger partial charge < -0.3 is 5.32 Å². The number of rotatable bonds is 2. The van der Waals surface area contributed by atoms with E-state index in [1.807, 2.05) is 54.6 Å². The Bertz CT molecular complexity index is 723. The summed E-state index contributed by atoms with van der Waals surface area (Å²) in [6.07, 6.45) is 1.65. The maximum Gasteiger partial charge on any atom is 0.256 e. The summed E-state index contributed by atoms with van der Waals surface area (Å²) in [7, 11) is 0. The van der Waals surface area contributed by atoms with Crippen LogP contribution >= 0.6 is 0 Å². The summed E-state index contributed by atoms with van der Waals surface area (Å²) in [5.41, 5.74) is 0.629. The van der Waals surface area contributed by atoms with Crippen LogP contribution in [0, 0.1) is 0 Å². The van der Waals surface area contributed by atoms with Crippen molar-refractivity contribution in [3.63, 3.8) is 0 Å². The van der Waals surface area contributed by atoms with Crippen LogP contribution in [0.5, 0.6) is 0 Å². The van der Waals surface area contributed by atoms with Gasteiger partial charge in [0, 0.05) is 11.8 Å². The summed E-state index contributed by atoms with van der Waals surface area (Å²) in [5.74, 6) is 0.408. The third kappa shape index (κ3) is 2.45. The van der Waals surface area contributed by atoms with Gasteiger partial charge in [0.2, 0.25) is 0 Å². The molecule has 0 fully saturated rings. The second-order valence-corrected chi connectivity index (χ2v) is 4.23. The fourth-order valence-corrected chi connectivity index (χ4v) is 1.96. The van der Waals surface area contributed by atoms with Crippen molar-refractivity contribution in [2.75, 3.05) is 5.32 Å². The summed E-state index contributed by atoms with van der Waals surface area (Å²) in [6, 6.07) is 19.0. The number of carbonyl (C=O) groups excluding carboxylic acids is 1. The zero-order valence-corrected chi connectivity index (χ0v) is 10.2. The van der Waals surface area contributed by atoms with Crippen molar-refractivity contribution in [1.82, 2.24) is 4.98 Å². The van der Waals surface area contributed by atoms with Crippen LogP contribution in [0.2, 0.25) is 0 Å². The number of nitrogens with one attached hydrogen (secondary N) is 1. The van der Waals surface area contributed by atoms with E-state index in [1.54, 1.807) is 12.3 Å². The summed E-state index contributed by atoms with van der Waals surface area (Å²) in [4.78, 5) is 16.2. The first-order valence-electron chi connectivity index (χ1n) is 6.04. The molecule has 3 nitrogen and oxygen atoms in total. The average molecular weight is 248 g/mol. The van der Waals surface area contributed by atoms with Crippen LogP contribution in [0.4, 0.5) is 5.82 Å². The topological polar surface area (TPSA) is 42.0 Å². The highest BCUT2D eigenvalue weighted by Crippen LogP contribution is 2.16. The number of amides is 1. The molecule has 0 aliphatic carbocycles. The molecule has 1 heterocycles. The number of hydrogen-bond acceptors (Lipinski definition) is 2. The van der Waals surface area contributed by atoms with Gasteiger partial charge in [-0.05, 0) is 35.0 Å². The van der Waals surface area contributed by atoms with Crippen molar-refractivity contribution in [2.24, 2.45) is 0 Å². The number of anilines is 1. The van der Waals surface area contributed by atoms with Crippen LogP contribution in [-0.2, 0) is 0 Å². The number of carbonyl (C=O) groups is 1. The van der Waals surface area contributed by atoms with Crippen LogP contribution in [0.3, 0.4) is 0 Å². The molecular weight excluding hydrogens is 236 g/mol. The van der Waals surface area contributed by atoms with Crippen LogP contribution in [-0.4, -0.2) is 10.9 Å². The van der Waals surface area contributed by atoms with Crippen molar-refractivity contribution in [3.05, 3.63) is 72.4 Å². The zero-order valence-electron chi connectivity index (χ0n) is 10.2. The predicted molar refractivity (Wildman–Crippen MR) is 76.1 cm³/mol. The molecule has 0 spiro atoms. The number of fused-ring (bicyclic) bond motifs is 1. The summed E-state index contributed by atoms with van der Waals surface area (Å²) < 4.78 is 0. The van der Waals surface area contributed by atoms with Gasteiger partial charge in [-0.2, -0.15) is 0 Å². The molecule has 2 aromatic carbocycles. The molecule has 3 heteroatoms. The Kier molecular flexibility index (Phi) is 2.94. The Labute approximate surface area is 110 Å². The van der Waals surface area contributed by atoms with Crippen LogP contribution < -0.4 is 5.32 Å². The minimum absolute atomic E-state index is 0.149. The molecule has 3 rings (SSSR count). The first kappa shape index (κ1) is 11.4. The van der Waals surface area contributed by atoms with Crippen molar-refractivity contribution in [1.29, 1.82) is 0 Å². The molecule has 0 radical (unpaired) electrons. The molecule has 1 aromatic heterocycles. The van der Waals surface area contributed by atoms with E-state index in [-0.39, 0.29) is 5.91 Å². The molecule has 0 atom stereocenters. The third-order valence-corrected chi connectivity index (χ3v) is 2.92. The van der Waals surface area contributed by atoms with Crippen molar-refractivity contribution in [2.45, 2.75) is 0 Å². The first-order chi connectivity index (χ1) is 9.33. The fourth-order valence-electron chi connectivity index (χ4n) is 1.96. The highest BCUT2D eigenvalue weighted by Gasteiger charge is 2.06. The maximum atomic E-state index is 12.1. The molecule has 1 amide bonds. The van der Waals surface area contributed by atoms with E-state index in [0.29, 0.717) is 11.4 Å². The van der Waals surface area contributed by atoms with Gasteiger partial charge in [0.25, 0.3) is 5.91 Å². The Balaban J connectivity index is 1.89. The van der Waals surface area contributed by atoms with Gasteiger partial charge in [-0.15, -0.1) is 0 Å². The molecule has 0 aliphatic heterocycles. The lowest BCUT2D eigenvalue weighted by Crippen LogP contribution is -2.12. The third-order valence-electron chi connectivity index (χ3n) is 2.92. The van der Waals surface area contributed by atoms with Gasteiger partial charge in [0.15, 0.2) is 0 Å². The standard InChI is InChI=1S/C16H12N2O/c19-16(18-15-7-3-4-10-17-15)14-9-8-12-5-1-2-6-13(12)11-14/h1-11H,(H,17,18,19). The van der Waals surface area contributed by atoms with Gasteiger partial charge in [-0.1, -0.05) is 36.4 Å². The van der Waals surface area contributed by atoms with Crippen LogP contribution in [0.25, 0.3) is 10.8 Å². The van der Waals surface area contributed by atoms with E-state index in [2.05, 4.69) is 10.3 Å². The zero-order chi connectivity index (χ0) is 13.1. The van der Waals surface area contributed by atoms with Gasteiger partial charge in [-0.25, -0.2) is 4.98 Å². The molecule has 0 bridgehead atoms. The fraction of sp³-hybridized carbons (Fsp3) is 0. The Hall–Kier alpha value is -2.68. The molecule has 0 aliphatic rings. The van der Waals surface area contributed by atoms with Crippen molar-refractivity contribution < 1.29 is 4.79 Å². The Morgan fingerprint density at radius 1 is 0.895 bits per heavy atom. The number of pyridine rings is 1. The summed E-state index contributed by atoms with van der Waals surface area (Å²) in [5, 5.41) is 4.95. The summed E-state index contributed by atoms with van der Waals surface area (Å²) >= 11 is 0. The monoisotopic (exact) mass is 248 g/mol. The van der Waals surface area contributed by atoms with Gasteiger partial charge in [0.1, 0.15) is 5.82 Å². The van der Waals surface area contributed by atoms with E-state index in [1.165, 1.54) is 0 Å². The highest BCUT2D eigenvalue weighted by molar-refractivity contribution is 6.06. The Morgan fingerprint density at radius 2 is 1.68 bits per heavy atom. The highest BCUT2D eigenvalue weighted by atomic mass is 16.1. The minimum Gasteiger partial charge on any atom is -0.307 e. The smallest absolute Gasteiger partial charge is 0.256 e. The normalized spacial score (nSPS) is 10.3. The first-order valence-corrected chi connectivity index (χ1v) is 6.04. The predicted octanol–water partition coefficient (Wildman–Crippen LogP) is 3.49. The van der Waals surface area contributed by atoms with E-state index in [4.69, 9.17) is 0 Å². The second kappa shape index (κ2) is 4.90. The molecule has 3 aromatic rings. The van der Waals surface area contributed by atoms with Crippen LogP contribution in [0.15, 0.2) is 66.9 Å². The molecule has 0 unspecified atom stereocenters. The summed E-state index contributed by atoms with van der Waals surface area (Å²) in [6.45, 7) is 0. The number of benzene rings is 2. The quantitative estimate of drug-likeness (QED) is 0.754. The van der Waals surface area contributed by atoms with Gasteiger partial charge >= 0.3 is 0 Å². The molecule has 0 saturated carbocycles. The largest absolute Gasteiger partial charge is 0.307 e. The number of aromatic nitrogens is 1. The Morgan fingerprint density at radius 3 is 2.47 bits per heavy atom. The van der Waals surface area contributed by atoms with E-state index in [0.717, 1.165) is 10.8 Å². The second-order valence-electron chi connectivity index (χ2n) is 4.23. The lowest BCUT2D eigenvalue weighted by atomic mass is 10.1. The molecule has 0 saturated heterocycles. The van der Waals surface area contributed by atoms with Crippen molar-refractivity contribution in [3.8, 4) is 0 Å². The minimum atomic E-state index is -0.149. The van der Waals surface area contributed by atoms with Crippen LogP contribution in [0.1, 0.15) is 10.4 Å². The molecule has 19 heavy (non-hydrogen) atoms. The average Bonchev–Trinajstić information content (AvgIpc) is 2.48. The van der Waals surface area contributed by atoms with E-state index in [9.17, 15) is 4.79 Å². The SMILES string of the molecule is O=C(Nc1ccccn1)c1ccc2ccccc2c1. The molecule has 1 N–H and O–H groups in total. The van der Waals surface area contributed by atoms with E-state index < -0.39 is 0 Å². The maximum absolute atomic E-state index is 12.1. The molecular formula is C16H12N2O. The van der Waals surface area contributed by atoms with E-state index >= 15 is 0 Å². The lowest BCUT2D eigenvalue weighted by molar-refractivity contribution is 0.102. The van der Waals surface area contributed by atoms with Gasteiger partial charge in [0.05, 0.1) is 0 Å². The van der Waals surface area contributed by atoms with Gasteiger partial charge in [-0.3, -0.25) is 4.79 Å².